The first kappa shape index (κ1) is 17.8. The molecule has 2 aromatic carbocycles. The minimum atomic E-state index is -0.457. The molecule has 1 atom stereocenters. The number of aliphatic hydroxyl groups excluding tert-OH is 1. The van der Waals surface area contributed by atoms with Crippen LogP contribution in [0.3, 0.4) is 0 Å². The van der Waals surface area contributed by atoms with Crippen LogP contribution in [0.15, 0.2) is 42.5 Å². The lowest BCUT2D eigenvalue weighted by Crippen LogP contribution is -2.35. The molecule has 1 N–H and O–H groups in total. The van der Waals surface area contributed by atoms with Crippen molar-refractivity contribution >= 4 is 23.2 Å². The third kappa shape index (κ3) is 5.20. The molecule has 0 aromatic heterocycles. The van der Waals surface area contributed by atoms with Gasteiger partial charge in [0.15, 0.2) is 0 Å². The minimum absolute atomic E-state index is 0. The SMILES string of the molecule is CCN(CC)CC(O)COc1ccc2ccccc2c1.Cl. The van der Waals surface area contributed by atoms with Crippen molar-refractivity contribution in [3.05, 3.63) is 42.5 Å². The van der Waals surface area contributed by atoms with Gasteiger partial charge in [0, 0.05) is 6.54 Å². The van der Waals surface area contributed by atoms with Crippen LogP contribution in [0.25, 0.3) is 10.8 Å². The van der Waals surface area contributed by atoms with Crippen molar-refractivity contribution in [3.63, 3.8) is 0 Å². The predicted octanol–water partition coefficient (Wildman–Crippen LogP) is 3.34. The van der Waals surface area contributed by atoms with Crippen molar-refractivity contribution in [2.45, 2.75) is 20.0 Å². The second-order valence-corrected chi connectivity index (χ2v) is 4.96. The second-order valence-electron chi connectivity index (χ2n) is 4.96. The molecule has 3 nitrogen and oxygen atoms in total. The lowest BCUT2D eigenvalue weighted by atomic mass is 10.1. The number of nitrogens with zero attached hydrogens (tertiary/aromatic N) is 1. The standard InChI is InChI=1S/C17H23NO2.ClH/c1-3-18(4-2)12-16(19)13-20-17-10-9-14-7-5-6-8-15(14)11-17;/h5-11,16,19H,3-4,12-13H2,1-2H3;1H. The van der Waals surface area contributed by atoms with E-state index in [-0.39, 0.29) is 12.4 Å². The summed E-state index contributed by atoms with van der Waals surface area (Å²) in [6.07, 6.45) is -0.457. The smallest absolute Gasteiger partial charge is 0.120 e. The summed E-state index contributed by atoms with van der Waals surface area (Å²) in [5, 5.41) is 12.3. The molecule has 1 unspecified atom stereocenters. The Morgan fingerprint density at radius 3 is 2.38 bits per heavy atom. The van der Waals surface area contributed by atoms with Gasteiger partial charge in [-0.25, -0.2) is 0 Å². The monoisotopic (exact) mass is 309 g/mol. The number of fused-ring (bicyclic) bond motifs is 1. The van der Waals surface area contributed by atoms with Gasteiger partial charge in [-0.05, 0) is 36.0 Å². The largest absolute Gasteiger partial charge is 0.491 e. The van der Waals surface area contributed by atoms with Crippen LogP contribution in [0.2, 0.25) is 0 Å². The Morgan fingerprint density at radius 1 is 1.05 bits per heavy atom. The molecule has 0 bridgehead atoms. The van der Waals surface area contributed by atoms with Gasteiger partial charge in [-0.15, -0.1) is 12.4 Å². The molecular formula is C17H24ClNO2. The van der Waals surface area contributed by atoms with E-state index in [0.717, 1.165) is 24.2 Å². The second kappa shape index (κ2) is 8.88. The number of likely N-dealkylation sites (N-methyl/N-ethyl adjacent to an activating group) is 1. The number of benzene rings is 2. The third-order valence-electron chi connectivity index (χ3n) is 3.53. The summed E-state index contributed by atoms with van der Waals surface area (Å²) in [7, 11) is 0. The fraction of sp³-hybridized carbons (Fsp3) is 0.412. The van der Waals surface area contributed by atoms with Gasteiger partial charge in [-0.2, -0.15) is 0 Å². The summed E-state index contributed by atoms with van der Waals surface area (Å²) >= 11 is 0. The Bertz CT molecular complexity index is 543. The van der Waals surface area contributed by atoms with Crippen LogP contribution < -0.4 is 4.74 Å². The number of halogens is 1. The number of rotatable bonds is 7. The number of hydrogen-bond donors (Lipinski definition) is 1. The van der Waals surface area contributed by atoms with Crippen molar-refractivity contribution in [3.8, 4) is 5.75 Å². The molecule has 0 radical (unpaired) electrons. The van der Waals surface area contributed by atoms with E-state index in [1.165, 1.54) is 5.39 Å². The van der Waals surface area contributed by atoms with E-state index in [1.54, 1.807) is 0 Å². The zero-order chi connectivity index (χ0) is 14.4. The molecule has 0 aliphatic heterocycles. The third-order valence-corrected chi connectivity index (χ3v) is 3.53. The molecule has 0 saturated carbocycles. The maximum Gasteiger partial charge on any atom is 0.120 e. The quantitative estimate of drug-likeness (QED) is 0.851. The lowest BCUT2D eigenvalue weighted by Gasteiger charge is -2.22. The van der Waals surface area contributed by atoms with Crippen LogP contribution >= 0.6 is 12.4 Å². The zero-order valence-corrected chi connectivity index (χ0v) is 13.5. The molecule has 21 heavy (non-hydrogen) atoms. The van der Waals surface area contributed by atoms with Gasteiger partial charge in [-0.1, -0.05) is 44.2 Å². The average Bonchev–Trinajstić information content (AvgIpc) is 2.50. The highest BCUT2D eigenvalue weighted by molar-refractivity contribution is 5.85. The fourth-order valence-corrected chi connectivity index (χ4v) is 2.28. The van der Waals surface area contributed by atoms with Gasteiger partial charge in [0.25, 0.3) is 0 Å². The highest BCUT2D eigenvalue weighted by atomic mass is 35.5. The van der Waals surface area contributed by atoms with E-state index in [0.29, 0.717) is 13.2 Å². The van der Waals surface area contributed by atoms with Gasteiger partial charge >= 0.3 is 0 Å². The Hall–Kier alpha value is -1.29. The molecule has 4 heteroatoms. The van der Waals surface area contributed by atoms with E-state index < -0.39 is 6.10 Å². The molecule has 0 aliphatic carbocycles. The van der Waals surface area contributed by atoms with Gasteiger partial charge in [0.1, 0.15) is 18.5 Å². The van der Waals surface area contributed by atoms with Gasteiger partial charge in [0.2, 0.25) is 0 Å². The van der Waals surface area contributed by atoms with Crippen LogP contribution in [0.1, 0.15) is 13.8 Å². The van der Waals surface area contributed by atoms with Crippen molar-refractivity contribution in [2.75, 3.05) is 26.2 Å². The normalized spacial score (nSPS) is 12.2. The first-order valence-corrected chi connectivity index (χ1v) is 7.25. The molecule has 0 heterocycles. The molecule has 0 fully saturated rings. The molecule has 0 saturated heterocycles. The van der Waals surface area contributed by atoms with Gasteiger partial charge in [-0.3, -0.25) is 0 Å². The zero-order valence-electron chi connectivity index (χ0n) is 12.7. The number of aliphatic hydroxyl groups is 1. The fourth-order valence-electron chi connectivity index (χ4n) is 2.28. The van der Waals surface area contributed by atoms with Crippen molar-refractivity contribution < 1.29 is 9.84 Å². The van der Waals surface area contributed by atoms with Gasteiger partial charge in [0.05, 0.1) is 0 Å². The number of hydrogen-bond acceptors (Lipinski definition) is 3. The van der Waals surface area contributed by atoms with Crippen LogP contribution in [-0.4, -0.2) is 42.4 Å². The summed E-state index contributed by atoms with van der Waals surface area (Å²) in [6, 6.07) is 14.2. The maximum atomic E-state index is 9.99. The molecule has 0 amide bonds. The first-order valence-electron chi connectivity index (χ1n) is 7.25. The summed E-state index contributed by atoms with van der Waals surface area (Å²) in [6.45, 7) is 7.07. The van der Waals surface area contributed by atoms with Crippen molar-refractivity contribution in [1.29, 1.82) is 0 Å². The van der Waals surface area contributed by atoms with Crippen LogP contribution in [0.4, 0.5) is 0 Å². The van der Waals surface area contributed by atoms with E-state index in [2.05, 4.69) is 30.9 Å². The Kier molecular flexibility index (Phi) is 7.51. The van der Waals surface area contributed by atoms with E-state index in [9.17, 15) is 5.11 Å². The summed E-state index contributed by atoms with van der Waals surface area (Å²) in [5.41, 5.74) is 0. The first-order chi connectivity index (χ1) is 9.72. The number of ether oxygens (including phenoxy) is 1. The van der Waals surface area contributed by atoms with E-state index in [1.807, 2.05) is 30.3 Å². The molecular weight excluding hydrogens is 286 g/mol. The molecule has 116 valence electrons. The van der Waals surface area contributed by atoms with Crippen molar-refractivity contribution in [1.82, 2.24) is 4.90 Å². The van der Waals surface area contributed by atoms with Crippen LogP contribution in [-0.2, 0) is 0 Å². The lowest BCUT2D eigenvalue weighted by molar-refractivity contribution is 0.0717. The molecule has 2 rings (SSSR count). The summed E-state index contributed by atoms with van der Waals surface area (Å²) in [4.78, 5) is 2.19. The topological polar surface area (TPSA) is 32.7 Å². The molecule has 0 spiro atoms. The molecule has 0 aliphatic rings. The highest BCUT2D eigenvalue weighted by Crippen LogP contribution is 2.20. The minimum Gasteiger partial charge on any atom is -0.491 e. The average molecular weight is 310 g/mol. The van der Waals surface area contributed by atoms with E-state index in [4.69, 9.17) is 4.74 Å². The Balaban J connectivity index is 0.00000220. The summed E-state index contributed by atoms with van der Waals surface area (Å²) in [5.74, 6) is 0.808. The van der Waals surface area contributed by atoms with E-state index >= 15 is 0 Å². The van der Waals surface area contributed by atoms with Crippen LogP contribution in [0, 0.1) is 0 Å². The maximum absolute atomic E-state index is 9.99. The summed E-state index contributed by atoms with van der Waals surface area (Å²) < 4.78 is 5.69. The Labute approximate surface area is 132 Å². The highest BCUT2D eigenvalue weighted by Gasteiger charge is 2.09. The predicted molar refractivity (Wildman–Crippen MR) is 90.5 cm³/mol. The van der Waals surface area contributed by atoms with Crippen LogP contribution in [0.5, 0.6) is 5.75 Å². The molecule has 2 aromatic rings. The Morgan fingerprint density at radius 2 is 1.71 bits per heavy atom. The van der Waals surface area contributed by atoms with Crippen molar-refractivity contribution in [2.24, 2.45) is 0 Å². The van der Waals surface area contributed by atoms with Gasteiger partial charge < -0.3 is 14.7 Å².